The van der Waals surface area contributed by atoms with Gasteiger partial charge in [0.05, 0.1) is 101 Å². The quantitative estimate of drug-likeness (QED) is 0.140. The van der Waals surface area contributed by atoms with Crippen LogP contribution < -0.4 is 0 Å². The van der Waals surface area contributed by atoms with Gasteiger partial charge < -0.3 is 9.13 Å². The molecular weight excluding hydrogens is 1540 g/mol. The zero-order valence-corrected chi connectivity index (χ0v) is 53.7. The third kappa shape index (κ3) is 14.5. The zero-order chi connectivity index (χ0) is 80.2. The monoisotopic (exact) mass is 1570 g/mol. The molecule has 0 aliphatic heterocycles. The molecule has 3 nitrogen and oxygen atoms in total. The van der Waals surface area contributed by atoms with Gasteiger partial charge in [0.25, 0.3) is 0 Å². The number of hydrogen-bond donors (Lipinski definition) is 0. The molecule has 11 aromatic carbocycles. The first-order chi connectivity index (χ1) is 50.7. The van der Waals surface area contributed by atoms with Crippen molar-refractivity contribution in [2.24, 2.45) is 0 Å². The van der Waals surface area contributed by atoms with Gasteiger partial charge in [0, 0.05) is 38.2 Å². The van der Waals surface area contributed by atoms with Crippen molar-refractivity contribution in [3.63, 3.8) is 0 Å². The first-order valence-corrected chi connectivity index (χ1v) is 31.1. The molecule has 0 aliphatic rings. The fraction of sp³-hybridized carbons (Fsp3) is 0.130. The highest BCUT2D eigenvalue weighted by atomic mass is 19.4. The maximum atomic E-state index is 15.4. The molecule has 0 fully saturated rings. The van der Waals surface area contributed by atoms with Crippen LogP contribution in [0.25, 0.3) is 122 Å². The molecule has 110 heavy (non-hydrogen) atoms. The van der Waals surface area contributed by atoms with Crippen molar-refractivity contribution in [3.8, 4) is 84.2 Å². The van der Waals surface area contributed by atoms with Gasteiger partial charge in [0.15, 0.2) is 0 Å². The second-order valence-electron chi connectivity index (χ2n) is 25.1. The number of nitrogens with zero attached hydrogens (tertiary/aromatic N) is 3. The summed E-state index contributed by atoms with van der Waals surface area (Å²) in [6.07, 6.45) is -55.2. The van der Waals surface area contributed by atoms with Crippen LogP contribution in [-0.2, 0) is 61.8 Å². The molecule has 2 heterocycles. The van der Waals surface area contributed by atoms with Crippen molar-refractivity contribution in [3.05, 3.63) is 261 Å². The molecule has 566 valence electrons. The van der Waals surface area contributed by atoms with Gasteiger partial charge in [-0.3, -0.25) is 0 Å². The number of benzene rings is 11. The summed E-state index contributed by atoms with van der Waals surface area (Å²) in [7, 11) is 0. The first-order valence-electron chi connectivity index (χ1n) is 31.1. The van der Waals surface area contributed by atoms with E-state index in [1.165, 1.54) is 0 Å². The second kappa shape index (κ2) is 25.8. The minimum Gasteiger partial charge on any atom is -0.309 e. The van der Waals surface area contributed by atoms with Crippen LogP contribution in [0.3, 0.4) is 0 Å². The van der Waals surface area contributed by atoms with Crippen molar-refractivity contribution in [1.82, 2.24) is 9.13 Å². The lowest BCUT2D eigenvalue weighted by Crippen LogP contribution is -2.14. The smallest absolute Gasteiger partial charge is 0.309 e. The van der Waals surface area contributed by atoms with E-state index in [0.29, 0.717) is 42.5 Å². The molecule has 0 atom stereocenters. The van der Waals surface area contributed by atoms with Gasteiger partial charge in [0.1, 0.15) is 0 Å². The Morgan fingerprint density at radius 3 is 0.691 bits per heavy atom. The van der Waals surface area contributed by atoms with Crippen molar-refractivity contribution in [1.29, 1.82) is 5.26 Å². The Morgan fingerprint density at radius 1 is 0.218 bits per heavy atom. The Balaban J connectivity index is 1.17. The van der Waals surface area contributed by atoms with Crippen molar-refractivity contribution >= 4 is 43.6 Å². The van der Waals surface area contributed by atoms with Gasteiger partial charge >= 0.3 is 61.8 Å². The molecule has 0 saturated carbocycles. The van der Waals surface area contributed by atoms with Gasteiger partial charge in [-0.25, -0.2) is 0 Å². The molecule has 0 spiro atoms. The van der Waals surface area contributed by atoms with E-state index in [4.69, 9.17) is 0 Å². The minimum atomic E-state index is -5.67. The molecule has 0 saturated heterocycles. The molecular formula is C77H33F30N3. The molecule has 0 N–H and O–H groups in total. The van der Waals surface area contributed by atoms with Crippen molar-refractivity contribution in [2.45, 2.75) is 61.8 Å². The maximum Gasteiger partial charge on any atom is 0.417 e. The predicted molar refractivity (Wildman–Crippen MR) is 342 cm³/mol. The molecule has 33 heteroatoms. The lowest BCUT2D eigenvalue weighted by molar-refractivity contribution is -0.144. The third-order valence-corrected chi connectivity index (χ3v) is 18.1. The highest BCUT2D eigenvalue weighted by molar-refractivity contribution is 6.14. The number of halogens is 30. The number of alkyl halides is 30. The van der Waals surface area contributed by atoms with Crippen LogP contribution in [0.5, 0.6) is 0 Å². The summed E-state index contributed by atoms with van der Waals surface area (Å²) >= 11 is 0. The van der Waals surface area contributed by atoms with Crippen LogP contribution in [0.2, 0.25) is 0 Å². The van der Waals surface area contributed by atoms with Crippen LogP contribution in [-0.4, -0.2) is 9.13 Å². The van der Waals surface area contributed by atoms with Gasteiger partial charge in [-0.1, -0.05) is 48.5 Å². The summed E-state index contributed by atoms with van der Waals surface area (Å²) in [6.45, 7) is 0. The largest absolute Gasteiger partial charge is 0.417 e. The average molecular weight is 1570 g/mol. The molecule has 0 unspecified atom stereocenters. The van der Waals surface area contributed by atoms with E-state index in [9.17, 15) is 111 Å². The second-order valence-corrected chi connectivity index (χ2v) is 25.1. The number of aromatic nitrogens is 2. The SMILES string of the molecule is N#Cc1ccc(-c2ccc(-c3c(C(F)(F)F)cccc3C(F)(F)F)cc2-n2c3ccc(-c4cc(C(F)(F)F)cc(C(F)(F)F)c4)cc3c3cc(-c4cc(C(F)(F)F)cc(C(F)(F)F)c4)ccc32)c(-n2c3ccc(-c4cc(C(F)(F)F)cc(C(F)(F)F)c4)cc3c3cc(-c4cc(C(F)(F)F)cc(C(F)(F)F)c4)ccc32)c1. The topological polar surface area (TPSA) is 33.6 Å². The number of hydrogen-bond acceptors (Lipinski definition) is 1. The van der Waals surface area contributed by atoms with E-state index in [0.717, 1.165) is 106 Å². The molecule has 0 radical (unpaired) electrons. The standard InChI is InChI=1S/C77H33F30N3/c78-68(79,80)45-17-41(18-46(30-45)69(81,82)83)36-6-12-61-55(25-36)56-26-37(42-19-47(70(84,85)86)31-48(20-42)71(87,88)89)7-13-62(56)109(61)65-16-35(34-108)4-10-53(65)54-11-5-40(67-59(76(102,103)104)2-1-3-60(67)77(105,106)107)29-66(54)110-63-14-8-38(43-21-49(72(90,91)92)32-50(22-43)73(93,94)95)27-57(63)58-28-39(9-15-64(58)110)44-23-51(74(96,97)98)33-52(24-44)75(99,100)101/h1-33H. The highest BCUT2D eigenvalue weighted by Crippen LogP contribution is 2.52. The highest BCUT2D eigenvalue weighted by Gasteiger charge is 2.45. The summed E-state index contributed by atoms with van der Waals surface area (Å²) in [5.74, 6) is 0. The van der Waals surface area contributed by atoms with E-state index in [1.54, 1.807) is 0 Å². The lowest BCUT2D eigenvalue weighted by Gasteiger charge is -2.22. The summed E-state index contributed by atoms with van der Waals surface area (Å²) in [5.41, 5.74) is -30.4. The molecule has 0 amide bonds. The van der Waals surface area contributed by atoms with E-state index in [1.807, 2.05) is 6.07 Å². The molecule has 2 aromatic heterocycles. The third-order valence-electron chi connectivity index (χ3n) is 18.1. The summed E-state index contributed by atoms with van der Waals surface area (Å²) in [6, 6.07) is 20.8. The van der Waals surface area contributed by atoms with Crippen LogP contribution >= 0.6 is 0 Å². The number of rotatable bonds is 8. The Kier molecular flexibility index (Phi) is 18.0. The van der Waals surface area contributed by atoms with E-state index < -0.39 is 206 Å². The average Bonchev–Trinajstić information content (AvgIpc) is 1.54. The summed E-state index contributed by atoms with van der Waals surface area (Å²) in [5, 5.41) is 9.11. The van der Waals surface area contributed by atoms with Gasteiger partial charge in [-0.05, 0) is 202 Å². The molecule has 13 aromatic rings. The van der Waals surface area contributed by atoms with Crippen LogP contribution in [0, 0.1) is 11.3 Å². The Labute approximate surface area is 595 Å². The lowest BCUT2D eigenvalue weighted by atomic mass is 9.90. The number of fused-ring (bicyclic) bond motifs is 6. The summed E-state index contributed by atoms with van der Waals surface area (Å²) < 4.78 is 442. The van der Waals surface area contributed by atoms with Gasteiger partial charge in [-0.15, -0.1) is 0 Å². The fourth-order valence-corrected chi connectivity index (χ4v) is 13.2. The predicted octanol–water partition coefficient (Wildman–Crippen LogP) is 27.9. The molecule has 13 rings (SSSR count). The normalized spacial score (nSPS) is 13.4. The Bertz CT molecular complexity index is 5520. The first kappa shape index (κ1) is 76.6. The zero-order valence-electron chi connectivity index (χ0n) is 53.7. The minimum absolute atomic E-state index is 0.222. The summed E-state index contributed by atoms with van der Waals surface area (Å²) in [4.78, 5) is 0. The van der Waals surface area contributed by atoms with Crippen molar-refractivity contribution < 1.29 is 132 Å². The molecule has 0 bridgehead atoms. The van der Waals surface area contributed by atoms with Crippen LogP contribution in [0.15, 0.2) is 200 Å². The Hall–Kier alpha value is -11.6. The van der Waals surface area contributed by atoms with E-state index >= 15 is 26.3 Å². The van der Waals surface area contributed by atoms with E-state index in [2.05, 4.69) is 0 Å². The van der Waals surface area contributed by atoms with Gasteiger partial charge in [-0.2, -0.15) is 137 Å². The van der Waals surface area contributed by atoms with E-state index in [-0.39, 0.29) is 99.3 Å². The fourth-order valence-electron chi connectivity index (χ4n) is 13.2. The molecule has 0 aliphatic carbocycles. The van der Waals surface area contributed by atoms with Crippen molar-refractivity contribution in [2.75, 3.05) is 0 Å². The van der Waals surface area contributed by atoms with Crippen LogP contribution in [0.4, 0.5) is 132 Å². The maximum absolute atomic E-state index is 15.4. The van der Waals surface area contributed by atoms with Crippen LogP contribution in [0.1, 0.15) is 61.2 Å². The van der Waals surface area contributed by atoms with Gasteiger partial charge in [0.2, 0.25) is 0 Å². The Morgan fingerprint density at radius 2 is 0.455 bits per heavy atom. The number of nitriles is 1.